The van der Waals surface area contributed by atoms with Crippen molar-refractivity contribution in [1.82, 2.24) is 14.9 Å². The molecular weight excluding hydrogens is 544 g/mol. The number of anilines is 2. The molecule has 2 aromatic heterocycles. The lowest BCUT2D eigenvalue weighted by atomic mass is 10.1. The van der Waals surface area contributed by atoms with Crippen LogP contribution in [0.3, 0.4) is 0 Å². The topological polar surface area (TPSA) is 93.7 Å². The Balaban J connectivity index is 1.26. The molecule has 1 aliphatic rings. The third-order valence-electron chi connectivity index (χ3n) is 6.50. The fourth-order valence-electron chi connectivity index (χ4n) is 4.48. The number of methoxy groups -OCH3 is 2. The van der Waals surface area contributed by atoms with Gasteiger partial charge < -0.3 is 19.7 Å². The molecule has 198 valence electrons. The SMILES string of the molecule is COC(=O)CCc1cnc([C@@H]2C[C@H](OC)CN2C(=O)Cc2ccc(Nc3nc4ccccc4s3)c(Cl)c2)s1. The molecular formula is C27H27ClN4O4S2. The van der Waals surface area contributed by atoms with Gasteiger partial charge in [0, 0.05) is 31.1 Å². The summed E-state index contributed by atoms with van der Waals surface area (Å²) >= 11 is 9.67. The lowest BCUT2D eigenvalue weighted by Gasteiger charge is -2.23. The van der Waals surface area contributed by atoms with E-state index in [9.17, 15) is 9.59 Å². The van der Waals surface area contributed by atoms with Gasteiger partial charge in [0.1, 0.15) is 5.01 Å². The molecule has 0 bridgehead atoms. The second-order valence-corrected chi connectivity index (χ2v) is 11.6. The molecule has 38 heavy (non-hydrogen) atoms. The van der Waals surface area contributed by atoms with Gasteiger partial charge in [-0.2, -0.15) is 0 Å². The van der Waals surface area contributed by atoms with Crippen LogP contribution in [-0.4, -0.2) is 53.6 Å². The van der Waals surface area contributed by atoms with Crippen LogP contribution in [0.5, 0.6) is 0 Å². The summed E-state index contributed by atoms with van der Waals surface area (Å²) in [6.07, 6.45) is 3.48. The van der Waals surface area contributed by atoms with E-state index in [1.54, 1.807) is 24.6 Å². The van der Waals surface area contributed by atoms with Crippen LogP contribution in [0.25, 0.3) is 10.2 Å². The van der Waals surface area contributed by atoms with Crippen molar-refractivity contribution in [1.29, 1.82) is 0 Å². The number of nitrogens with zero attached hydrogens (tertiary/aromatic N) is 3. The predicted molar refractivity (Wildman–Crippen MR) is 150 cm³/mol. The number of hydrogen-bond acceptors (Lipinski definition) is 9. The Hall–Kier alpha value is -3.05. The van der Waals surface area contributed by atoms with Gasteiger partial charge in [-0.25, -0.2) is 9.97 Å². The summed E-state index contributed by atoms with van der Waals surface area (Å²) in [6, 6.07) is 13.4. The molecule has 8 nitrogen and oxygen atoms in total. The van der Waals surface area contributed by atoms with Crippen molar-refractivity contribution in [2.75, 3.05) is 26.1 Å². The van der Waals surface area contributed by atoms with Gasteiger partial charge in [0.05, 0.1) is 53.0 Å². The number of carbonyl (C=O) groups is 2. The Bertz CT molecular complexity index is 1420. The molecule has 11 heteroatoms. The van der Waals surface area contributed by atoms with Crippen LogP contribution in [0, 0.1) is 0 Å². The fraction of sp³-hybridized carbons (Fsp3) is 0.333. The number of para-hydroxylation sites is 1. The van der Waals surface area contributed by atoms with E-state index in [0.29, 0.717) is 30.8 Å². The highest BCUT2D eigenvalue weighted by atomic mass is 35.5. The molecule has 2 aromatic carbocycles. The van der Waals surface area contributed by atoms with E-state index in [1.165, 1.54) is 18.4 Å². The molecule has 0 aliphatic carbocycles. The Kier molecular flexibility index (Phi) is 8.23. The van der Waals surface area contributed by atoms with Gasteiger partial charge in [-0.1, -0.05) is 41.1 Å². The number of likely N-dealkylation sites (tertiary alicyclic amines) is 1. The highest BCUT2D eigenvalue weighted by Gasteiger charge is 2.38. The molecule has 1 amide bonds. The molecule has 0 unspecified atom stereocenters. The zero-order valence-electron chi connectivity index (χ0n) is 21.0. The lowest BCUT2D eigenvalue weighted by Crippen LogP contribution is -2.33. The van der Waals surface area contributed by atoms with Crippen molar-refractivity contribution in [2.24, 2.45) is 0 Å². The van der Waals surface area contributed by atoms with Gasteiger partial charge in [-0.05, 0) is 36.2 Å². The number of carbonyl (C=O) groups excluding carboxylic acids is 2. The molecule has 5 rings (SSSR count). The molecule has 3 heterocycles. The number of amides is 1. The van der Waals surface area contributed by atoms with Crippen LogP contribution in [0.15, 0.2) is 48.7 Å². The fourth-order valence-corrected chi connectivity index (χ4v) is 6.66. The van der Waals surface area contributed by atoms with Crippen LogP contribution >= 0.6 is 34.3 Å². The Morgan fingerprint density at radius 3 is 2.79 bits per heavy atom. The number of benzene rings is 2. The number of halogens is 1. The van der Waals surface area contributed by atoms with Crippen molar-refractivity contribution in [3.05, 3.63) is 69.1 Å². The minimum atomic E-state index is -0.253. The number of thiazole rings is 2. The Morgan fingerprint density at radius 1 is 1.18 bits per heavy atom. The van der Waals surface area contributed by atoms with Gasteiger partial charge in [-0.3, -0.25) is 9.59 Å². The first kappa shape index (κ1) is 26.6. The first-order valence-electron chi connectivity index (χ1n) is 12.2. The molecule has 0 spiro atoms. The first-order chi connectivity index (χ1) is 18.4. The van der Waals surface area contributed by atoms with E-state index in [-0.39, 0.29) is 30.4 Å². The highest BCUT2D eigenvalue weighted by Crippen LogP contribution is 2.37. The zero-order valence-corrected chi connectivity index (χ0v) is 23.4. The first-order valence-corrected chi connectivity index (χ1v) is 14.2. The molecule has 2 atom stereocenters. The van der Waals surface area contributed by atoms with Crippen LogP contribution in [0.1, 0.15) is 34.3 Å². The number of fused-ring (bicyclic) bond motifs is 1. The smallest absolute Gasteiger partial charge is 0.305 e. The molecule has 1 saturated heterocycles. The van der Waals surface area contributed by atoms with E-state index in [2.05, 4.69) is 15.3 Å². The van der Waals surface area contributed by atoms with Gasteiger partial charge >= 0.3 is 5.97 Å². The van der Waals surface area contributed by atoms with Gasteiger partial charge in [-0.15, -0.1) is 11.3 Å². The minimum absolute atomic E-state index is 0.0104. The second-order valence-electron chi connectivity index (χ2n) is 9.00. The summed E-state index contributed by atoms with van der Waals surface area (Å²) in [7, 11) is 3.05. The summed E-state index contributed by atoms with van der Waals surface area (Å²) in [6.45, 7) is 0.502. The maximum Gasteiger partial charge on any atom is 0.305 e. The van der Waals surface area contributed by atoms with Gasteiger partial charge in [0.15, 0.2) is 5.13 Å². The average Bonchev–Trinajstić information content (AvgIpc) is 3.66. The van der Waals surface area contributed by atoms with E-state index < -0.39 is 0 Å². The van der Waals surface area contributed by atoms with Crippen molar-refractivity contribution in [2.45, 2.75) is 37.8 Å². The molecule has 1 aliphatic heterocycles. The number of aryl methyl sites for hydroxylation is 1. The van der Waals surface area contributed by atoms with Gasteiger partial charge in [0.2, 0.25) is 5.91 Å². The van der Waals surface area contributed by atoms with Crippen molar-refractivity contribution in [3.63, 3.8) is 0 Å². The lowest BCUT2D eigenvalue weighted by molar-refractivity contribution is -0.140. The average molecular weight is 571 g/mol. The third kappa shape index (κ3) is 5.99. The summed E-state index contributed by atoms with van der Waals surface area (Å²) in [5.74, 6) is -0.263. The number of hydrogen-bond donors (Lipinski definition) is 1. The number of nitrogens with one attached hydrogen (secondary N) is 1. The van der Waals surface area contributed by atoms with E-state index >= 15 is 0 Å². The normalized spacial score (nSPS) is 17.2. The molecule has 0 radical (unpaired) electrons. The number of esters is 1. The summed E-state index contributed by atoms with van der Waals surface area (Å²) in [5.41, 5.74) is 2.50. The number of aromatic nitrogens is 2. The highest BCUT2D eigenvalue weighted by molar-refractivity contribution is 7.22. The van der Waals surface area contributed by atoms with Crippen LogP contribution in [0.2, 0.25) is 5.02 Å². The predicted octanol–water partition coefficient (Wildman–Crippen LogP) is 5.79. The van der Waals surface area contributed by atoms with Crippen molar-refractivity contribution in [3.8, 4) is 0 Å². The van der Waals surface area contributed by atoms with Crippen molar-refractivity contribution < 1.29 is 19.1 Å². The minimum Gasteiger partial charge on any atom is -0.469 e. The van der Waals surface area contributed by atoms with Crippen LogP contribution in [0.4, 0.5) is 10.8 Å². The molecule has 0 saturated carbocycles. The number of ether oxygens (including phenoxy) is 2. The van der Waals surface area contributed by atoms with E-state index in [1.807, 2.05) is 47.4 Å². The standard InChI is InChI=1S/C27H27ClN4O4S2/c1-35-17-13-22(26-29-14-18(37-26)8-10-25(34)36-2)32(15-17)24(33)12-16-7-9-20(19(28)11-16)30-27-31-21-5-3-4-6-23(21)38-27/h3-7,9,11,14,17,22H,8,10,12-13,15H2,1-2H3,(H,30,31)/t17-,22-/m0/s1. The van der Waals surface area contributed by atoms with Crippen LogP contribution < -0.4 is 5.32 Å². The number of rotatable bonds is 9. The maximum atomic E-state index is 13.4. The Morgan fingerprint density at radius 2 is 2.03 bits per heavy atom. The Labute approximate surface area is 233 Å². The maximum absolute atomic E-state index is 13.4. The van der Waals surface area contributed by atoms with Crippen molar-refractivity contribution >= 4 is 67.2 Å². The van der Waals surface area contributed by atoms with E-state index in [0.717, 1.165) is 36.5 Å². The summed E-state index contributed by atoms with van der Waals surface area (Å²) in [5, 5.41) is 5.43. The molecule has 1 N–H and O–H groups in total. The summed E-state index contributed by atoms with van der Waals surface area (Å²) < 4.78 is 11.4. The largest absolute Gasteiger partial charge is 0.469 e. The third-order valence-corrected chi connectivity index (χ3v) is 8.92. The quantitative estimate of drug-likeness (QED) is 0.255. The van der Waals surface area contributed by atoms with Crippen LogP contribution in [-0.2, 0) is 31.9 Å². The summed E-state index contributed by atoms with van der Waals surface area (Å²) in [4.78, 5) is 36.9. The second kappa shape index (κ2) is 11.8. The van der Waals surface area contributed by atoms with Gasteiger partial charge in [0.25, 0.3) is 0 Å². The zero-order chi connectivity index (χ0) is 26.6. The molecule has 1 fully saturated rings. The van der Waals surface area contributed by atoms with E-state index in [4.69, 9.17) is 21.1 Å². The monoisotopic (exact) mass is 570 g/mol. The molecule has 4 aromatic rings.